The molecule has 0 aliphatic rings. The van der Waals surface area contributed by atoms with Crippen LogP contribution >= 0.6 is 15.9 Å². The highest BCUT2D eigenvalue weighted by atomic mass is 79.9. The number of hydrogen-bond acceptors (Lipinski definition) is 4. The van der Waals surface area contributed by atoms with Crippen LogP contribution in [-0.2, 0) is 4.79 Å². The molecular weight excluding hydrogens is 268 g/mol. The van der Waals surface area contributed by atoms with Gasteiger partial charge < -0.3 is 5.11 Å². The first-order chi connectivity index (χ1) is 7.00. The van der Waals surface area contributed by atoms with Crippen molar-refractivity contribution in [1.82, 2.24) is 4.98 Å². The molecule has 0 bridgehead atoms. The van der Waals surface area contributed by atoms with Gasteiger partial charge in [-0.1, -0.05) is 0 Å². The van der Waals surface area contributed by atoms with Crippen molar-refractivity contribution < 1.29 is 14.8 Å². The number of carboxylic acids is 1. The quantitative estimate of drug-likeness (QED) is 0.515. The van der Waals surface area contributed by atoms with E-state index in [4.69, 9.17) is 5.11 Å². The number of carboxylic acid groups (broad SMARTS) is 1. The maximum atomic E-state index is 10.5. The van der Waals surface area contributed by atoms with Crippen molar-refractivity contribution in [2.75, 3.05) is 0 Å². The predicted molar refractivity (Wildman–Crippen MR) is 55.3 cm³/mol. The van der Waals surface area contributed by atoms with E-state index in [1.165, 1.54) is 18.3 Å². The molecule has 1 N–H and O–H groups in total. The van der Waals surface area contributed by atoms with Gasteiger partial charge in [0.15, 0.2) is 0 Å². The van der Waals surface area contributed by atoms with Crippen LogP contribution < -0.4 is 0 Å². The zero-order valence-corrected chi connectivity index (χ0v) is 8.84. The van der Waals surface area contributed by atoms with Gasteiger partial charge in [-0.15, -0.1) is 0 Å². The number of hydrogen-bond donors (Lipinski definition) is 1. The largest absolute Gasteiger partial charge is 0.478 e. The lowest BCUT2D eigenvalue weighted by molar-refractivity contribution is -0.385. The minimum Gasteiger partial charge on any atom is -0.478 e. The average Bonchev–Trinajstić information content (AvgIpc) is 2.16. The molecule has 0 saturated carbocycles. The topological polar surface area (TPSA) is 93.3 Å². The molecule has 15 heavy (non-hydrogen) atoms. The Morgan fingerprint density at radius 3 is 2.87 bits per heavy atom. The van der Waals surface area contributed by atoms with Gasteiger partial charge in [0.1, 0.15) is 4.47 Å². The second kappa shape index (κ2) is 4.65. The van der Waals surface area contributed by atoms with E-state index in [-0.39, 0.29) is 15.9 Å². The maximum Gasteiger partial charge on any atom is 0.328 e. The third-order valence-electron chi connectivity index (χ3n) is 1.45. The summed E-state index contributed by atoms with van der Waals surface area (Å²) in [6.07, 6.45) is 3.29. The lowest BCUT2D eigenvalue weighted by atomic mass is 10.3. The highest BCUT2D eigenvalue weighted by Gasteiger charge is 2.12. The number of rotatable bonds is 3. The predicted octanol–water partition coefficient (Wildman–Crippen LogP) is 1.85. The Labute approximate surface area is 92.5 Å². The molecule has 0 radical (unpaired) electrons. The van der Waals surface area contributed by atoms with Gasteiger partial charge in [-0.25, -0.2) is 4.79 Å². The van der Waals surface area contributed by atoms with Gasteiger partial charge in [-0.05, 0) is 22.0 Å². The lowest BCUT2D eigenvalue weighted by Crippen LogP contribution is -1.93. The van der Waals surface area contributed by atoms with E-state index in [2.05, 4.69) is 20.9 Å². The summed E-state index contributed by atoms with van der Waals surface area (Å²) in [5.41, 5.74) is 0.0577. The Kier molecular flexibility index (Phi) is 3.51. The fraction of sp³-hybridized carbons (Fsp3) is 0. The number of nitrogens with zero attached hydrogens (tertiary/aromatic N) is 2. The fourth-order valence-corrected chi connectivity index (χ4v) is 1.19. The molecule has 0 fully saturated rings. The van der Waals surface area contributed by atoms with Crippen molar-refractivity contribution in [1.29, 1.82) is 0 Å². The summed E-state index contributed by atoms with van der Waals surface area (Å²) in [6.45, 7) is 0. The van der Waals surface area contributed by atoms with Crippen molar-refractivity contribution in [2.45, 2.75) is 0 Å². The molecule has 7 heteroatoms. The first-order valence-electron chi connectivity index (χ1n) is 3.71. The lowest BCUT2D eigenvalue weighted by Gasteiger charge is -1.96. The molecule has 1 aromatic rings. The number of halogens is 1. The van der Waals surface area contributed by atoms with Gasteiger partial charge in [0.05, 0.1) is 10.6 Å². The molecule has 1 rings (SSSR count). The van der Waals surface area contributed by atoms with Crippen molar-refractivity contribution in [3.05, 3.63) is 38.6 Å². The van der Waals surface area contributed by atoms with Gasteiger partial charge >= 0.3 is 5.97 Å². The first kappa shape index (κ1) is 11.3. The summed E-state index contributed by atoms with van der Waals surface area (Å²) >= 11 is 2.97. The Balaban J connectivity index is 3.08. The van der Waals surface area contributed by atoms with Crippen LogP contribution in [-0.4, -0.2) is 21.0 Å². The molecular formula is C8H5BrN2O4. The molecule has 0 aliphatic heterocycles. The summed E-state index contributed by atoms with van der Waals surface area (Å²) in [6, 6.07) is 1.18. The molecule has 0 saturated heterocycles. The van der Waals surface area contributed by atoms with Crippen LogP contribution in [0.4, 0.5) is 5.69 Å². The van der Waals surface area contributed by atoms with E-state index in [0.717, 1.165) is 6.08 Å². The molecule has 0 unspecified atom stereocenters. The van der Waals surface area contributed by atoms with E-state index >= 15 is 0 Å². The van der Waals surface area contributed by atoms with Crippen molar-refractivity contribution >= 4 is 33.7 Å². The third kappa shape index (κ3) is 3.13. The summed E-state index contributed by atoms with van der Waals surface area (Å²) in [4.78, 5) is 23.9. The molecule has 1 aromatic heterocycles. The van der Waals surface area contributed by atoms with E-state index in [1.54, 1.807) is 0 Å². The fourth-order valence-electron chi connectivity index (χ4n) is 0.831. The van der Waals surface area contributed by atoms with Crippen LogP contribution in [0.1, 0.15) is 5.69 Å². The first-order valence-corrected chi connectivity index (χ1v) is 4.51. The summed E-state index contributed by atoms with van der Waals surface area (Å²) < 4.78 is 0.250. The van der Waals surface area contributed by atoms with Crippen molar-refractivity contribution in [3.8, 4) is 0 Å². The van der Waals surface area contributed by atoms with Gasteiger partial charge in [-0.2, -0.15) is 0 Å². The molecule has 0 amide bonds. The summed E-state index contributed by atoms with van der Waals surface area (Å²) in [5, 5.41) is 18.9. The highest BCUT2D eigenvalue weighted by Crippen LogP contribution is 2.24. The Morgan fingerprint density at radius 1 is 1.67 bits per heavy atom. The Hall–Kier alpha value is -1.76. The van der Waals surface area contributed by atoms with Gasteiger partial charge in [0.2, 0.25) is 0 Å². The van der Waals surface area contributed by atoms with Crippen LogP contribution in [0.25, 0.3) is 6.08 Å². The number of aromatic nitrogens is 1. The van der Waals surface area contributed by atoms with Crippen LogP contribution in [0.2, 0.25) is 0 Å². The standard InChI is InChI=1S/C8H5BrN2O4/c9-6-4-10-5(1-2-8(12)13)3-7(6)11(14)15/h1-4H,(H,12,13)/b2-1+. The second-order valence-corrected chi connectivity index (χ2v) is 3.34. The average molecular weight is 273 g/mol. The molecule has 0 aliphatic carbocycles. The van der Waals surface area contributed by atoms with Crippen LogP contribution in [0, 0.1) is 10.1 Å². The molecule has 6 nitrogen and oxygen atoms in total. The maximum absolute atomic E-state index is 10.5. The van der Waals surface area contributed by atoms with E-state index in [0.29, 0.717) is 0 Å². The molecule has 0 spiro atoms. The number of pyridine rings is 1. The minimum atomic E-state index is -1.14. The normalized spacial score (nSPS) is 10.5. The highest BCUT2D eigenvalue weighted by molar-refractivity contribution is 9.10. The van der Waals surface area contributed by atoms with E-state index in [1.807, 2.05) is 0 Å². The van der Waals surface area contributed by atoms with E-state index < -0.39 is 10.9 Å². The zero-order chi connectivity index (χ0) is 11.4. The Morgan fingerprint density at radius 2 is 2.33 bits per heavy atom. The van der Waals surface area contributed by atoms with Crippen LogP contribution in [0.5, 0.6) is 0 Å². The molecule has 0 aromatic carbocycles. The number of carbonyl (C=O) groups is 1. The third-order valence-corrected chi connectivity index (χ3v) is 2.06. The van der Waals surface area contributed by atoms with E-state index in [9.17, 15) is 14.9 Å². The van der Waals surface area contributed by atoms with Gasteiger partial charge in [-0.3, -0.25) is 15.1 Å². The smallest absolute Gasteiger partial charge is 0.328 e. The zero-order valence-electron chi connectivity index (χ0n) is 7.25. The van der Waals surface area contributed by atoms with Gasteiger partial charge in [0.25, 0.3) is 5.69 Å². The molecule has 1 heterocycles. The molecule has 78 valence electrons. The molecule has 0 atom stereocenters. The van der Waals surface area contributed by atoms with Crippen molar-refractivity contribution in [3.63, 3.8) is 0 Å². The van der Waals surface area contributed by atoms with Gasteiger partial charge in [0, 0.05) is 18.3 Å². The summed E-state index contributed by atoms with van der Waals surface area (Å²) in [5.74, 6) is -1.14. The summed E-state index contributed by atoms with van der Waals surface area (Å²) in [7, 11) is 0. The van der Waals surface area contributed by atoms with Crippen LogP contribution in [0.15, 0.2) is 22.8 Å². The number of aliphatic carboxylic acids is 1. The second-order valence-electron chi connectivity index (χ2n) is 2.49. The number of nitro groups is 1. The van der Waals surface area contributed by atoms with Crippen LogP contribution in [0.3, 0.4) is 0 Å². The van der Waals surface area contributed by atoms with Crippen molar-refractivity contribution in [2.24, 2.45) is 0 Å². The minimum absolute atomic E-state index is 0.157. The Bertz CT molecular complexity index is 444. The monoisotopic (exact) mass is 272 g/mol. The SMILES string of the molecule is O=C(O)/C=C/c1cc([N+](=O)[O-])c(Br)cn1.